The van der Waals surface area contributed by atoms with Gasteiger partial charge in [-0.1, -0.05) is 18.2 Å². The van der Waals surface area contributed by atoms with E-state index in [2.05, 4.69) is 20.2 Å². The lowest BCUT2D eigenvalue weighted by molar-refractivity contribution is -0.448. The fraction of sp³-hybridized carbons (Fsp3) is 0.250. The zero-order valence-corrected chi connectivity index (χ0v) is 9.27. The molecule has 0 amide bonds. The molecule has 17 heavy (non-hydrogen) atoms. The minimum Gasteiger partial charge on any atom is -0.493 e. The first-order valence-corrected chi connectivity index (χ1v) is 5.66. The number of fused-ring (bicyclic) bond motifs is 1. The number of aromatic amines is 1. The van der Waals surface area contributed by atoms with Gasteiger partial charge in [-0.15, -0.1) is 0 Å². The molecule has 86 valence electrons. The Morgan fingerprint density at radius 1 is 1.24 bits per heavy atom. The van der Waals surface area contributed by atoms with E-state index in [0.29, 0.717) is 5.69 Å². The SMILES string of the molecule is Oc1[nH]c2ccccc2c1N=NC1=[NH+]CCC1. The molecule has 0 fully saturated rings. The van der Waals surface area contributed by atoms with E-state index < -0.39 is 0 Å². The molecule has 2 aromatic rings. The quantitative estimate of drug-likeness (QED) is 0.632. The molecular weight excluding hydrogens is 216 g/mol. The number of H-pyrrole nitrogens is 1. The topological polar surface area (TPSA) is 74.7 Å². The van der Waals surface area contributed by atoms with Crippen molar-refractivity contribution >= 4 is 22.4 Å². The summed E-state index contributed by atoms with van der Waals surface area (Å²) in [7, 11) is 0. The lowest BCUT2D eigenvalue weighted by Gasteiger charge is -1.86. The summed E-state index contributed by atoms with van der Waals surface area (Å²) < 4.78 is 0. The van der Waals surface area contributed by atoms with Crippen LogP contribution in [0.1, 0.15) is 12.8 Å². The van der Waals surface area contributed by atoms with Gasteiger partial charge in [-0.05, 0) is 17.6 Å². The number of azo groups is 1. The maximum atomic E-state index is 9.77. The van der Waals surface area contributed by atoms with E-state index in [1.807, 2.05) is 24.3 Å². The molecule has 1 aromatic heterocycles. The molecule has 3 N–H and O–H groups in total. The fourth-order valence-corrected chi connectivity index (χ4v) is 1.99. The number of para-hydroxylation sites is 1. The molecule has 0 saturated carbocycles. The van der Waals surface area contributed by atoms with Crippen molar-refractivity contribution in [2.45, 2.75) is 12.8 Å². The third-order valence-electron chi connectivity index (χ3n) is 2.85. The van der Waals surface area contributed by atoms with Gasteiger partial charge in [-0.2, -0.15) is 0 Å². The van der Waals surface area contributed by atoms with Crippen LogP contribution in [0, 0.1) is 0 Å². The smallest absolute Gasteiger partial charge is 0.319 e. The van der Waals surface area contributed by atoms with Gasteiger partial charge in [0, 0.05) is 5.39 Å². The standard InChI is InChI=1S/C12H12N4O/c17-12-11(16-15-10-6-3-7-13-10)8-4-1-2-5-9(8)14-12/h1-2,4-5,14,17H,3,6-7H2/p+1. The molecule has 0 saturated heterocycles. The number of hydrogen-bond acceptors (Lipinski definition) is 3. The molecule has 3 rings (SSSR count). The zero-order chi connectivity index (χ0) is 11.7. The number of aromatic hydroxyl groups is 1. The van der Waals surface area contributed by atoms with E-state index in [1.165, 1.54) is 0 Å². The number of aromatic nitrogens is 1. The number of hydrogen-bond donors (Lipinski definition) is 3. The lowest BCUT2D eigenvalue weighted by atomic mass is 10.2. The Morgan fingerprint density at radius 2 is 2.12 bits per heavy atom. The Kier molecular flexibility index (Phi) is 2.36. The molecule has 0 radical (unpaired) electrons. The summed E-state index contributed by atoms with van der Waals surface area (Å²) in [6.07, 6.45) is 2.01. The number of nitrogens with zero attached hydrogens (tertiary/aromatic N) is 2. The molecule has 0 bridgehead atoms. The van der Waals surface area contributed by atoms with E-state index in [9.17, 15) is 5.11 Å². The fourth-order valence-electron chi connectivity index (χ4n) is 1.99. The van der Waals surface area contributed by atoms with Crippen molar-refractivity contribution in [1.82, 2.24) is 4.98 Å². The van der Waals surface area contributed by atoms with Crippen molar-refractivity contribution in [2.24, 2.45) is 10.2 Å². The first kappa shape index (κ1) is 10.0. The number of nitrogens with one attached hydrogen (secondary N) is 2. The first-order chi connectivity index (χ1) is 8.34. The monoisotopic (exact) mass is 229 g/mol. The van der Waals surface area contributed by atoms with E-state index in [1.54, 1.807) is 0 Å². The Morgan fingerprint density at radius 3 is 2.94 bits per heavy atom. The lowest BCUT2D eigenvalue weighted by Crippen LogP contribution is -2.68. The molecule has 1 aliphatic rings. The van der Waals surface area contributed by atoms with Crippen molar-refractivity contribution in [1.29, 1.82) is 0 Å². The second-order valence-electron chi connectivity index (χ2n) is 4.04. The maximum absolute atomic E-state index is 9.77. The molecular formula is C12H13N4O+. The van der Waals surface area contributed by atoms with Crippen molar-refractivity contribution in [3.63, 3.8) is 0 Å². The molecule has 5 heteroatoms. The van der Waals surface area contributed by atoms with Crippen LogP contribution in [0.2, 0.25) is 0 Å². The summed E-state index contributed by atoms with van der Waals surface area (Å²) in [6, 6.07) is 7.63. The first-order valence-electron chi connectivity index (χ1n) is 5.66. The Bertz CT molecular complexity index is 612. The van der Waals surface area contributed by atoms with E-state index in [4.69, 9.17) is 0 Å². The molecule has 0 unspecified atom stereocenters. The predicted molar refractivity (Wildman–Crippen MR) is 64.6 cm³/mol. The summed E-state index contributed by atoms with van der Waals surface area (Å²) in [5, 5.41) is 18.9. The highest BCUT2D eigenvalue weighted by molar-refractivity contribution is 5.94. The van der Waals surface area contributed by atoms with Gasteiger partial charge in [0.05, 0.1) is 23.6 Å². The third kappa shape index (κ3) is 1.80. The Balaban J connectivity index is 2.02. The number of benzene rings is 1. The van der Waals surface area contributed by atoms with Crippen molar-refractivity contribution < 1.29 is 10.1 Å². The van der Waals surface area contributed by atoms with Gasteiger partial charge in [-0.25, -0.2) is 0 Å². The molecule has 0 atom stereocenters. The van der Waals surface area contributed by atoms with Crippen LogP contribution < -0.4 is 4.99 Å². The van der Waals surface area contributed by atoms with E-state index in [0.717, 1.165) is 36.1 Å². The van der Waals surface area contributed by atoms with Gasteiger partial charge in [0.2, 0.25) is 5.88 Å². The maximum Gasteiger partial charge on any atom is 0.319 e. The van der Waals surface area contributed by atoms with Crippen LogP contribution in [0.15, 0.2) is 34.5 Å². The average molecular weight is 229 g/mol. The molecule has 2 heterocycles. The largest absolute Gasteiger partial charge is 0.493 e. The van der Waals surface area contributed by atoms with Gasteiger partial charge in [0.15, 0.2) is 5.69 Å². The van der Waals surface area contributed by atoms with Crippen LogP contribution in [0.25, 0.3) is 10.9 Å². The minimum absolute atomic E-state index is 0.0635. The van der Waals surface area contributed by atoms with Gasteiger partial charge >= 0.3 is 5.84 Å². The van der Waals surface area contributed by atoms with E-state index in [-0.39, 0.29) is 5.88 Å². The average Bonchev–Trinajstić information content (AvgIpc) is 2.93. The molecule has 1 aromatic carbocycles. The second kappa shape index (κ2) is 4.01. The summed E-state index contributed by atoms with van der Waals surface area (Å²) >= 11 is 0. The van der Waals surface area contributed by atoms with Crippen molar-refractivity contribution in [2.75, 3.05) is 6.54 Å². The van der Waals surface area contributed by atoms with E-state index >= 15 is 0 Å². The molecule has 1 aliphatic heterocycles. The zero-order valence-electron chi connectivity index (χ0n) is 9.27. The normalized spacial score (nSPS) is 15.9. The highest BCUT2D eigenvalue weighted by atomic mass is 16.3. The van der Waals surface area contributed by atoms with Crippen LogP contribution in [0.3, 0.4) is 0 Å². The van der Waals surface area contributed by atoms with Gasteiger partial charge in [0.25, 0.3) is 0 Å². The second-order valence-corrected chi connectivity index (χ2v) is 4.04. The highest BCUT2D eigenvalue weighted by Gasteiger charge is 2.16. The summed E-state index contributed by atoms with van der Waals surface area (Å²) in [5.41, 5.74) is 1.37. The van der Waals surface area contributed by atoms with Crippen LogP contribution in [0.4, 0.5) is 5.69 Å². The van der Waals surface area contributed by atoms with Crippen molar-refractivity contribution in [3.05, 3.63) is 24.3 Å². The van der Waals surface area contributed by atoms with Gasteiger partial charge in [0.1, 0.15) is 0 Å². The third-order valence-corrected chi connectivity index (χ3v) is 2.85. The highest BCUT2D eigenvalue weighted by Crippen LogP contribution is 2.35. The Labute approximate surface area is 97.9 Å². The van der Waals surface area contributed by atoms with Crippen LogP contribution >= 0.6 is 0 Å². The molecule has 0 aliphatic carbocycles. The van der Waals surface area contributed by atoms with Gasteiger partial charge in [-0.3, -0.25) is 4.99 Å². The van der Waals surface area contributed by atoms with Crippen LogP contribution in [-0.4, -0.2) is 22.5 Å². The summed E-state index contributed by atoms with van der Waals surface area (Å²) in [5.74, 6) is 0.947. The number of rotatable bonds is 1. The molecule has 5 nitrogen and oxygen atoms in total. The predicted octanol–water partition coefficient (Wildman–Crippen LogP) is 1.23. The van der Waals surface area contributed by atoms with Crippen LogP contribution in [-0.2, 0) is 0 Å². The summed E-state index contributed by atoms with van der Waals surface area (Å²) in [6.45, 7) is 0.953. The van der Waals surface area contributed by atoms with Crippen LogP contribution in [0.5, 0.6) is 5.88 Å². The minimum atomic E-state index is 0.0635. The molecule has 0 spiro atoms. The van der Waals surface area contributed by atoms with Crippen molar-refractivity contribution in [3.8, 4) is 5.88 Å². The number of amidine groups is 1. The summed E-state index contributed by atoms with van der Waals surface area (Å²) in [4.78, 5) is 6.03. The Hall–Kier alpha value is -2.17. The van der Waals surface area contributed by atoms with Gasteiger partial charge < -0.3 is 10.1 Å².